The van der Waals surface area contributed by atoms with Crippen LogP contribution in [-0.4, -0.2) is 48.5 Å². The molecule has 4 rings (SSSR count). The van der Waals surface area contributed by atoms with Crippen molar-refractivity contribution in [3.63, 3.8) is 0 Å². The van der Waals surface area contributed by atoms with Crippen LogP contribution in [0.25, 0.3) is 10.9 Å². The molecule has 0 radical (unpaired) electrons. The Morgan fingerprint density at radius 2 is 2.06 bits per heavy atom. The van der Waals surface area contributed by atoms with Crippen molar-refractivity contribution in [2.45, 2.75) is 18.9 Å². The van der Waals surface area contributed by atoms with Crippen molar-refractivity contribution in [2.75, 3.05) is 38.1 Å². The number of nitro groups is 1. The number of aromatic nitrogens is 1. The van der Waals surface area contributed by atoms with E-state index in [2.05, 4.69) is 5.32 Å². The van der Waals surface area contributed by atoms with Gasteiger partial charge in [-0.2, -0.15) is 0 Å². The van der Waals surface area contributed by atoms with Crippen LogP contribution in [0.1, 0.15) is 29.2 Å². The van der Waals surface area contributed by atoms with Gasteiger partial charge in [0, 0.05) is 36.8 Å². The SMILES string of the molecule is CNCC1=CCN(c2c(F)cc3c(=O)c(C(=O)C[N+](=O)[O-])cn(C4CC4)c3c2F)C1.Cl. The van der Waals surface area contributed by atoms with E-state index in [0.29, 0.717) is 32.5 Å². The second-order valence-electron chi connectivity index (χ2n) is 7.61. The van der Waals surface area contributed by atoms with E-state index in [4.69, 9.17) is 0 Å². The molecule has 0 unspecified atom stereocenters. The largest absolute Gasteiger partial charge is 0.359 e. The predicted molar refractivity (Wildman–Crippen MR) is 114 cm³/mol. The summed E-state index contributed by atoms with van der Waals surface area (Å²) < 4.78 is 32.0. The zero-order valence-corrected chi connectivity index (χ0v) is 17.5. The van der Waals surface area contributed by atoms with Crippen LogP contribution in [0, 0.1) is 21.7 Å². The van der Waals surface area contributed by atoms with Crippen molar-refractivity contribution in [1.29, 1.82) is 0 Å². The number of likely N-dealkylation sites (N-methyl/N-ethyl adjacent to an activating group) is 1. The van der Waals surface area contributed by atoms with E-state index in [0.717, 1.165) is 11.6 Å². The van der Waals surface area contributed by atoms with Crippen LogP contribution in [0.5, 0.6) is 0 Å². The van der Waals surface area contributed by atoms with Crippen LogP contribution >= 0.6 is 12.4 Å². The fraction of sp³-hybridized carbons (Fsp3) is 0.400. The van der Waals surface area contributed by atoms with Crippen LogP contribution < -0.4 is 15.6 Å². The van der Waals surface area contributed by atoms with Gasteiger partial charge in [-0.3, -0.25) is 19.7 Å². The zero-order valence-electron chi connectivity index (χ0n) is 16.7. The van der Waals surface area contributed by atoms with Crippen molar-refractivity contribution in [2.24, 2.45) is 0 Å². The highest BCUT2D eigenvalue weighted by molar-refractivity contribution is 6.00. The zero-order chi connectivity index (χ0) is 21.6. The van der Waals surface area contributed by atoms with Crippen molar-refractivity contribution in [3.05, 3.63) is 61.4 Å². The van der Waals surface area contributed by atoms with Gasteiger partial charge in [0.05, 0.1) is 16.5 Å². The van der Waals surface area contributed by atoms with E-state index < -0.39 is 39.9 Å². The van der Waals surface area contributed by atoms with E-state index in [9.17, 15) is 24.1 Å². The highest BCUT2D eigenvalue weighted by Crippen LogP contribution is 2.40. The van der Waals surface area contributed by atoms with E-state index in [-0.39, 0.29) is 35.0 Å². The Labute approximate surface area is 182 Å². The number of rotatable bonds is 7. The minimum Gasteiger partial charge on any atom is -0.359 e. The molecule has 1 aromatic carbocycles. The smallest absolute Gasteiger partial charge is 0.266 e. The van der Waals surface area contributed by atoms with Gasteiger partial charge in [0.25, 0.3) is 6.54 Å². The highest BCUT2D eigenvalue weighted by atomic mass is 35.5. The van der Waals surface area contributed by atoms with Crippen molar-refractivity contribution in [1.82, 2.24) is 9.88 Å². The number of nitrogens with one attached hydrogen (secondary N) is 1. The molecule has 0 bridgehead atoms. The lowest BCUT2D eigenvalue weighted by Gasteiger charge is -2.22. The Kier molecular flexibility index (Phi) is 6.42. The molecule has 0 amide bonds. The van der Waals surface area contributed by atoms with E-state index >= 15 is 4.39 Å². The molecule has 11 heteroatoms. The third-order valence-corrected chi connectivity index (χ3v) is 5.41. The number of pyridine rings is 1. The quantitative estimate of drug-likeness (QED) is 0.299. The number of nitrogens with zero attached hydrogens (tertiary/aromatic N) is 3. The van der Waals surface area contributed by atoms with Crippen LogP contribution in [0.2, 0.25) is 0 Å². The predicted octanol–water partition coefficient (Wildman–Crippen LogP) is 2.46. The Morgan fingerprint density at radius 1 is 1.35 bits per heavy atom. The van der Waals surface area contributed by atoms with Crippen LogP contribution in [0.3, 0.4) is 0 Å². The molecule has 1 aromatic heterocycles. The van der Waals surface area contributed by atoms with Gasteiger partial charge in [-0.25, -0.2) is 8.78 Å². The number of hydrogen-bond donors (Lipinski definition) is 1. The average molecular weight is 455 g/mol. The second kappa shape index (κ2) is 8.72. The monoisotopic (exact) mass is 454 g/mol. The molecule has 1 aliphatic carbocycles. The molecule has 31 heavy (non-hydrogen) atoms. The number of halogens is 3. The maximum Gasteiger partial charge on any atom is 0.266 e. The van der Waals surface area contributed by atoms with Crippen molar-refractivity contribution < 1.29 is 18.5 Å². The first kappa shape index (κ1) is 22.8. The van der Waals surface area contributed by atoms with Gasteiger partial charge in [-0.05, 0) is 31.5 Å². The Balaban J connectivity index is 0.00000272. The van der Waals surface area contributed by atoms with Crippen molar-refractivity contribution >= 4 is 34.8 Å². The van der Waals surface area contributed by atoms with Gasteiger partial charge < -0.3 is 14.8 Å². The lowest BCUT2D eigenvalue weighted by atomic mass is 10.1. The molecule has 1 N–H and O–H groups in total. The third kappa shape index (κ3) is 4.17. The summed E-state index contributed by atoms with van der Waals surface area (Å²) in [6, 6.07) is 0.799. The Bertz CT molecular complexity index is 1160. The van der Waals surface area contributed by atoms with E-state index in [1.807, 2.05) is 6.08 Å². The average Bonchev–Trinajstić information content (AvgIpc) is 3.42. The Hall–Kier alpha value is -2.85. The molecule has 2 aromatic rings. The first-order valence-corrected chi connectivity index (χ1v) is 9.61. The molecular weight excluding hydrogens is 434 g/mol. The number of hydrogen-bond acceptors (Lipinski definition) is 6. The maximum atomic E-state index is 15.6. The summed E-state index contributed by atoms with van der Waals surface area (Å²) in [5.74, 6) is -2.74. The summed E-state index contributed by atoms with van der Waals surface area (Å²) in [7, 11) is 1.78. The summed E-state index contributed by atoms with van der Waals surface area (Å²) in [6.07, 6.45) is 4.51. The summed E-state index contributed by atoms with van der Waals surface area (Å²) in [6.45, 7) is 0.237. The highest BCUT2D eigenvalue weighted by Gasteiger charge is 2.32. The van der Waals surface area contributed by atoms with E-state index in [1.165, 1.54) is 10.8 Å². The molecule has 2 heterocycles. The number of Topliss-reactive ketones (excluding diaryl/α,β-unsaturated/α-hetero) is 1. The van der Waals surface area contributed by atoms with Gasteiger partial charge in [0.1, 0.15) is 11.5 Å². The normalized spacial score (nSPS) is 15.7. The van der Waals surface area contributed by atoms with Gasteiger partial charge >= 0.3 is 0 Å². The summed E-state index contributed by atoms with van der Waals surface area (Å²) >= 11 is 0. The third-order valence-electron chi connectivity index (χ3n) is 5.41. The summed E-state index contributed by atoms with van der Waals surface area (Å²) in [5, 5.41) is 13.4. The maximum absolute atomic E-state index is 15.6. The second-order valence-corrected chi connectivity index (χ2v) is 7.61. The molecule has 166 valence electrons. The molecule has 0 atom stereocenters. The fourth-order valence-corrected chi connectivity index (χ4v) is 3.90. The molecule has 1 aliphatic heterocycles. The standard InChI is InChI=1S/C20H20F2N4O4.ClH/c1-23-7-11-4-5-24(8-11)19-15(21)6-13-18(17(19)22)25(12-2-3-12)9-14(20(13)28)16(27)10-26(29)30;/h4,6,9,12,23H,2-3,5,7-8,10H2,1H3;1H. The molecular formula is C20H21ClF2N4O4. The number of benzene rings is 1. The first-order chi connectivity index (χ1) is 14.3. The number of ketones is 1. The van der Waals surface area contributed by atoms with Gasteiger partial charge in [-0.1, -0.05) is 6.08 Å². The van der Waals surface area contributed by atoms with Gasteiger partial charge in [0.15, 0.2) is 5.82 Å². The number of carbonyl (C=O) groups is 1. The van der Waals surface area contributed by atoms with Crippen LogP contribution in [0.15, 0.2) is 28.7 Å². The van der Waals surface area contributed by atoms with E-state index in [1.54, 1.807) is 11.9 Å². The number of fused-ring (bicyclic) bond motifs is 1. The minimum absolute atomic E-state index is 0. The molecule has 2 aliphatic rings. The molecule has 1 fully saturated rings. The van der Waals surface area contributed by atoms with Gasteiger partial charge in [-0.15, -0.1) is 12.4 Å². The number of carbonyl (C=O) groups excluding carboxylic acids is 1. The van der Waals surface area contributed by atoms with Crippen molar-refractivity contribution in [3.8, 4) is 0 Å². The van der Waals surface area contributed by atoms with Crippen LogP contribution in [0.4, 0.5) is 14.5 Å². The summed E-state index contributed by atoms with van der Waals surface area (Å²) in [4.78, 5) is 36.4. The molecule has 0 saturated heterocycles. The topological polar surface area (TPSA) is 97.5 Å². The fourth-order valence-electron chi connectivity index (χ4n) is 3.90. The lowest BCUT2D eigenvalue weighted by Crippen LogP contribution is -2.27. The minimum atomic E-state index is -1.05. The molecule has 8 nitrogen and oxygen atoms in total. The first-order valence-electron chi connectivity index (χ1n) is 9.61. The molecule has 1 saturated carbocycles. The summed E-state index contributed by atoms with van der Waals surface area (Å²) in [5.41, 5.74) is -0.608. The van der Waals surface area contributed by atoms with Gasteiger partial charge in [0.2, 0.25) is 11.2 Å². The lowest BCUT2D eigenvalue weighted by molar-refractivity contribution is -0.465. The Morgan fingerprint density at radius 3 is 2.68 bits per heavy atom. The van der Waals surface area contributed by atoms with Crippen LogP contribution in [-0.2, 0) is 0 Å². The molecule has 0 spiro atoms. The number of anilines is 1.